The minimum atomic E-state index is -0.197. The fourth-order valence-corrected chi connectivity index (χ4v) is 3.68. The smallest absolute Gasteiger partial charge is 0.231 e. The van der Waals surface area contributed by atoms with E-state index in [0.717, 1.165) is 22.6 Å². The van der Waals surface area contributed by atoms with Crippen molar-refractivity contribution in [2.24, 2.45) is 11.1 Å². The van der Waals surface area contributed by atoms with Crippen molar-refractivity contribution in [1.82, 2.24) is 4.90 Å². The van der Waals surface area contributed by atoms with Crippen molar-refractivity contribution in [1.29, 1.82) is 0 Å². The molecular formula is C22H23ClN2O4. The fraction of sp³-hybridized carbons (Fsp3) is 0.364. The van der Waals surface area contributed by atoms with Crippen molar-refractivity contribution >= 4 is 23.2 Å². The lowest BCUT2D eigenvalue weighted by molar-refractivity contribution is -0.136. The zero-order chi connectivity index (χ0) is 20.4. The van der Waals surface area contributed by atoms with Gasteiger partial charge in [0.25, 0.3) is 0 Å². The van der Waals surface area contributed by atoms with Crippen molar-refractivity contribution in [2.45, 2.75) is 32.9 Å². The topological polar surface area (TPSA) is 60.4 Å². The molecule has 2 aliphatic heterocycles. The molecule has 0 aliphatic carbocycles. The molecule has 2 heterocycles. The third-order valence-electron chi connectivity index (χ3n) is 4.93. The Balaban J connectivity index is 1.44. The lowest BCUT2D eigenvalue weighted by Crippen LogP contribution is -2.39. The Hall–Kier alpha value is -2.73. The summed E-state index contributed by atoms with van der Waals surface area (Å²) in [6.45, 7) is 4.98. The van der Waals surface area contributed by atoms with Gasteiger partial charge >= 0.3 is 0 Å². The van der Waals surface area contributed by atoms with E-state index in [2.05, 4.69) is 5.16 Å². The number of carbonyl (C=O) groups is 1. The highest BCUT2D eigenvalue weighted by Gasteiger charge is 2.28. The number of rotatable bonds is 6. The first-order valence-corrected chi connectivity index (χ1v) is 10.0. The van der Waals surface area contributed by atoms with E-state index in [9.17, 15) is 4.79 Å². The quantitative estimate of drug-likeness (QED) is 0.709. The summed E-state index contributed by atoms with van der Waals surface area (Å²) in [5.74, 6) is 1.42. The van der Waals surface area contributed by atoms with Gasteiger partial charge in [-0.1, -0.05) is 42.7 Å². The third kappa shape index (κ3) is 4.48. The van der Waals surface area contributed by atoms with Crippen molar-refractivity contribution in [2.75, 3.05) is 13.3 Å². The molecule has 29 heavy (non-hydrogen) atoms. The van der Waals surface area contributed by atoms with E-state index >= 15 is 0 Å². The second kappa shape index (κ2) is 8.33. The van der Waals surface area contributed by atoms with Gasteiger partial charge in [-0.3, -0.25) is 4.79 Å². The molecule has 1 atom stereocenters. The maximum atomic E-state index is 12.8. The molecule has 2 aromatic rings. The second-order valence-electron chi connectivity index (χ2n) is 7.54. The van der Waals surface area contributed by atoms with E-state index in [1.807, 2.05) is 61.2 Å². The van der Waals surface area contributed by atoms with Crippen LogP contribution in [0.15, 0.2) is 47.6 Å². The number of halogens is 1. The van der Waals surface area contributed by atoms with Gasteiger partial charge in [-0.2, -0.15) is 0 Å². The molecular weight excluding hydrogens is 392 g/mol. The van der Waals surface area contributed by atoms with Gasteiger partial charge in [0.15, 0.2) is 17.6 Å². The first-order valence-electron chi connectivity index (χ1n) is 9.65. The van der Waals surface area contributed by atoms with E-state index in [4.69, 9.17) is 25.9 Å². The molecule has 7 heteroatoms. The number of benzene rings is 2. The van der Waals surface area contributed by atoms with E-state index in [1.54, 1.807) is 0 Å². The van der Waals surface area contributed by atoms with Crippen LogP contribution in [-0.4, -0.2) is 36.0 Å². The molecule has 2 aromatic carbocycles. The molecule has 0 N–H and O–H groups in total. The summed E-state index contributed by atoms with van der Waals surface area (Å²) in [5.41, 5.74) is 2.77. The first kappa shape index (κ1) is 19.6. The largest absolute Gasteiger partial charge is 0.454 e. The van der Waals surface area contributed by atoms with Gasteiger partial charge in [0, 0.05) is 29.5 Å². The van der Waals surface area contributed by atoms with Gasteiger partial charge in [0.1, 0.15) is 0 Å². The third-order valence-corrected chi connectivity index (χ3v) is 5.17. The van der Waals surface area contributed by atoms with Crippen LogP contribution in [0.1, 0.15) is 31.4 Å². The lowest BCUT2D eigenvalue weighted by Gasteiger charge is -2.26. The van der Waals surface area contributed by atoms with Crippen LogP contribution in [0, 0.1) is 5.92 Å². The van der Waals surface area contributed by atoms with E-state index in [-0.39, 0.29) is 24.7 Å². The van der Waals surface area contributed by atoms with Gasteiger partial charge in [-0.15, -0.1) is 0 Å². The average Bonchev–Trinajstić information content (AvgIpc) is 3.35. The number of ether oxygens (including phenoxy) is 2. The first-order chi connectivity index (χ1) is 14.0. The maximum Gasteiger partial charge on any atom is 0.231 e. The highest BCUT2D eigenvalue weighted by atomic mass is 35.5. The van der Waals surface area contributed by atoms with Crippen LogP contribution in [0.5, 0.6) is 11.5 Å². The van der Waals surface area contributed by atoms with Crippen LogP contribution in [0.3, 0.4) is 0 Å². The monoisotopic (exact) mass is 414 g/mol. The molecule has 0 saturated heterocycles. The summed E-state index contributed by atoms with van der Waals surface area (Å²) in [5, 5.41) is 4.91. The number of hydrogen-bond acceptors (Lipinski definition) is 5. The normalized spacial score (nSPS) is 17.2. The van der Waals surface area contributed by atoms with Gasteiger partial charge < -0.3 is 19.2 Å². The molecule has 0 bridgehead atoms. The molecule has 4 rings (SSSR count). The van der Waals surface area contributed by atoms with Crippen molar-refractivity contribution < 1.29 is 19.1 Å². The van der Waals surface area contributed by atoms with Crippen LogP contribution in [0.25, 0.3) is 0 Å². The molecule has 0 aromatic heterocycles. The summed E-state index contributed by atoms with van der Waals surface area (Å²) >= 11 is 6.10. The fourth-order valence-electron chi connectivity index (χ4n) is 3.47. The Labute approximate surface area is 175 Å². The summed E-state index contributed by atoms with van der Waals surface area (Å²) < 4.78 is 10.8. The van der Waals surface area contributed by atoms with Crippen LogP contribution >= 0.6 is 11.6 Å². The molecule has 0 radical (unpaired) electrons. The predicted octanol–water partition coefficient (Wildman–Crippen LogP) is 4.25. The standard InChI is InChI=1S/C22H23ClN2O4/c1-14(2)22(26)25(11-15-4-3-5-17(23)8-15)12-18-10-19(24-29-18)16-6-7-20-21(9-16)28-13-27-20/h3-9,14,18H,10-13H2,1-2H3/t18-/m0/s1. The Morgan fingerprint density at radius 3 is 2.83 bits per heavy atom. The predicted molar refractivity (Wildman–Crippen MR) is 110 cm³/mol. The zero-order valence-corrected chi connectivity index (χ0v) is 17.2. The maximum absolute atomic E-state index is 12.8. The number of carbonyl (C=O) groups excluding carboxylic acids is 1. The van der Waals surface area contributed by atoms with E-state index in [0.29, 0.717) is 30.3 Å². The number of fused-ring (bicyclic) bond motifs is 1. The highest BCUT2D eigenvalue weighted by Crippen LogP contribution is 2.33. The minimum absolute atomic E-state index is 0.0742. The Morgan fingerprint density at radius 1 is 1.21 bits per heavy atom. The van der Waals surface area contributed by atoms with Crippen LogP contribution < -0.4 is 9.47 Å². The Kier molecular flexibility index (Phi) is 5.62. The highest BCUT2D eigenvalue weighted by molar-refractivity contribution is 6.30. The molecule has 152 valence electrons. The Bertz CT molecular complexity index is 944. The number of nitrogens with zero attached hydrogens (tertiary/aromatic N) is 2. The molecule has 2 aliphatic rings. The van der Waals surface area contributed by atoms with Crippen molar-refractivity contribution in [3.63, 3.8) is 0 Å². The molecule has 0 saturated carbocycles. The van der Waals surface area contributed by atoms with Gasteiger partial charge in [-0.25, -0.2) is 0 Å². The number of hydrogen-bond donors (Lipinski definition) is 0. The SMILES string of the molecule is CC(C)C(=O)N(Cc1cccc(Cl)c1)C[C@@H]1CC(c2ccc3c(c2)OCO3)=NO1. The van der Waals surface area contributed by atoms with E-state index in [1.165, 1.54) is 0 Å². The molecule has 0 unspecified atom stereocenters. The summed E-state index contributed by atoms with van der Waals surface area (Å²) in [7, 11) is 0. The van der Waals surface area contributed by atoms with Crippen LogP contribution in [0.4, 0.5) is 0 Å². The van der Waals surface area contributed by atoms with Crippen LogP contribution in [0.2, 0.25) is 5.02 Å². The summed E-state index contributed by atoms with van der Waals surface area (Å²) in [6.07, 6.45) is 0.425. The molecule has 0 spiro atoms. The molecule has 1 amide bonds. The molecule has 0 fully saturated rings. The minimum Gasteiger partial charge on any atom is -0.454 e. The zero-order valence-electron chi connectivity index (χ0n) is 16.4. The average molecular weight is 415 g/mol. The second-order valence-corrected chi connectivity index (χ2v) is 7.98. The summed E-state index contributed by atoms with van der Waals surface area (Å²) in [6, 6.07) is 13.3. The van der Waals surface area contributed by atoms with E-state index < -0.39 is 0 Å². The number of amides is 1. The van der Waals surface area contributed by atoms with Crippen molar-refractivity contribution in [3.8, 4) is 11.5 Å². The summed E-state index contributed by atoms with van der Waals surface area (Å²) in [4.78, 5) is 20.2. The number of oxime groups is 1. The van der Waals surface area contributed by atoms with Crippen LogP contribution in [-0.2, 0) is 16.2 Å². The van der Waals surface area contributed by atoms with Crippen molar-refractivity contribution in [3.05, 3.63) is 58.6 Å². The lowest BCUT2D eigenvalue weighted by atomic mass is 10.0. The van der Waals surface area contributed by atoms with Gasteiger partial charge in [0.2, 0.25) is 12.7 Å². The molecule has 6 nitrogen and oxygen atoms in total. The van der Waals surface area contributed by atoms with Gasteiger partial charge in [-0.05, 0) is 35.9 Å². The Morgan fingerprint density at radius 2 is 2.03 bits per heavy atom. The van der Waals surface area contributed by atoms with Gasteiger partial charge in [0.05, 0.1) is 12.3 Å².